The second-order valence-electron chi connectivity index (χ2n) is 6.29. The average Bonchev–Trinajstić information content (AvgIpc) is 2.74. The van der Waals surface area contributed by atoms with Crippen LogP contribution >= 0.6 is 0 Å². The molecule has 0 aliphatic rings. The van der Waals surface area contributed by atoms with Gasteiger partial charge in [0.15, 0.2) is 0 Å². The van der Waals surface area contributed by atoms with Crippen LogP contribution in [0.2, 0.25) is 0 Å². The van der Waals surface area contributed by atoms with Gasteiger partial charge in [0.2, 0.25) is 0 Å². The van der Waals surface area contributed by atoms with E-state index in [9.17, 15) is 13.2 Å². The van der Waals surface area contributed by atoms with Crippen LogP contribution in [-0.4, -0.2) is 27.5 Å². The number of hydrogen-bond donors (Lipinski definition) is 2. The quantitative estimate of drug-likeness (QED) is 0.529. The molecule has 0 heterocycles. The molecule has 2 N–H and O–H groups in total. The Labute approximate surface area is 170 Å². The lowest BCUT2D eigenvalue weighted by Gasteiger charge is -2.10. The van der Waals surface area contributed by atoms with Crippen LogP contribution in [0.25, 0.3) is 0 Å². The summed E-state index contributed by atoms with van der Waals surface area (Å²) in [4.78, 5) is 12.5. The number of hydrogen-bond acceptors (Lipinski definition) is 4. The average molecular weight is 410 g/mol. The van der Waals surface area contributed by atoms with Gasteiger partial charge in [-0.25, -0.2) is 8.42 Å². The van der Waals surface area contributed by atoms with Crippen molar-refractivity contribution in [2.75, 3.05) is 17.9 Å². The molecule has 0 unspecified atom stereocenters. The van der Waals surface area contributed by atoms with Gasteiger partial charge in [-0.3, -0.25) is 9.52 Å². The summed E-state index contributed by atoms with van der Waals surface area (Å²) < 4.78 is 32.9. The molecule has 3 aromatic rings. The number of benzene rings is 3. The molecule has 0 aliphatic heterocycles. The molecule has 0 fully saturated rings. The summed E-state index contributed by atoms with van der Waals surface area (Å²) >= 11 is 0. The number of carbonyl (C=O) groups is 1. The minimum atomic E-state index is -3.71. The zero-order valence-corrected chi connectivity index (χ0v) is 16.6. The first-order valence-electron chi connectivity index (χ1n) is 9.12. The Morgan fingerprint density at radius 3 is 2.28 bits per heavy atom. The van der Waals surface area contributed by atoms with Crippen molar-refractivity contribution in [3.05, 3.63) is 96.1 Å². The van der Waals surface area contributed by atoms with E-state index >= 15 is 0 Å². The van der Waals surface area contributed by atoms with Crippen LogP contribution in [-0.2, 0) is 21.4 Å². The standard InChI is InChI=1S/C22H22N2O4S/c25-22(23-14-15-28-17-18-8-3-1-4-9-18)19-10-7-11-20(16-19)24-29(26,27)21-12-5-2-6-13-21/h1-13,16,24H,14-15,17H2,(H,23,25). The fourth-order valence-electron chi connectivity index (χ4n) is 2.64. The maximum absolute atomic E-state index is 12.4. The van der Waals surface area contributed by atoms with Crippen LogP contribution in [0, 0.1) is 0 Å². The summed E-state index contributed by atoms with van der Waals surface area (Å²) in [5.41, 5.74) is 1.75. The van der Waals surface area contributed by atoms with E-state index in [4.69, 9.17) is 4.74 Å². The molecule has 0 bridgehead atoms. The van der Waals surface area contributed by atoms with Gasteiger partial charge in [0.25, 0.3) is 15.9 Å². The molecule has 0 atom stereocenters. The normalized spacial score (nSPS) is 11.0. The van der Waals surface area contributed by atoms with Gasteiger partial charge < -0.3 is 10.1 Å². The largest absolute Gasteiger partial charge is 0.375 e. The van der Waals surface area contributed by atoms with E-state index in [2.05, 4.69) is 10.0 Å². The van der Waals surface area contributed by atoms with E-state index in [0.717, 1.165) is 5.56 Å². The van der Waals surface area contributed by atoms with Gasteiger partial charge in [0.05, 0.1) is 18.1 Å². The molecule has 0 radical (unpaired) electrons. The van der Waals surface area contributed by atoms with Crippen molar-refractivity contribution in [3.63, 3.8) is 0 Å². The Morgan fingerprint density at radius 1 is 0.862 bits per heavy atom. The molecular formula is C22H22N2O4S. The van der Waals surface area contributed by atoms with Crippen LogP contribution in [0.5, 0.6) is 0 Å². The summed E-state index contributed by atoms with van der Waals surface area (Å²) in [6.45, 7) is 1.21. The lowest BCUT2D eigenvalue weighted by atomic mass is 10.2. The number of sulfonamides is 1. The first-order chi connectivity index (χ1) is 14.0. The Hall–Kier alpha value is -3.16. The summed E-state index contributed by atoms with van der Waals surface area (Å²) in [5.74, 6) is -0.297. The molecule has 6 nitrogen and oxygen atoms in total. The van der Waals surface area contributed by atoms with Crippen molar-refractivity contribution in [2.24, 2.45) is 0 Å². The molecule has 29 heavy (non-hydrogen) atoms. The number of anilines is 1. The molecule has 7 heteroatoms. The first-order valence-corrected chi connectivity index (χ1v) is 10.6. The summed E-state index contributed by atoms with van der Waals surface area (Å²) in [6, 6.07) is 24.2. The van der Waals surface area contributed by atoms with Crippen molar-refractivity contribution in [3.8, 4) is 0 Å². The highest BCUT2D eigenvalue weighted by atomic mass is 32.2. The van der Waals surface area contributed by atoms with Gasteiger partial charge in [0.1, 0.15) is 0 Å². The number of amides is 1. The van der Waals surface area contributed by atoms with Gasteiger partial charge in [0, 0.05) is 17.8 Å². The van der Waals surface area contributed by atoms with E-state index in [0.29, 0.717) is 31.0 Å². The van der Waals surface area contributed by atoms with Crippen LogP contribution in [0.15, 0.2) is 89.8 Å². The molecule has 0 spiro atoms. The van der Waals surface area contributed by atoms with Crippen LogP contribution in [0.4, 0.5) is 5.69 Å². The highest BCUT2D eigenvalue weighted by molar-refractivity contribution is 7.92. The summed E-state index contributed by atoms with van der Waals surface area (Å²) in [5, 5.41) is 2.77. The van der Waals surface area contributed by atoms with Crippen LogP contribution in [0.3, 0.4) is 0 Å². The molecule has 1 amide bonds. The van der Waals surface area contributed by atoms with Crippen molar-refractivity contribution in [1.29, 1.82) is 0 Å². The highest BCUT2D eigenvalue weighted by Crippen LogP contribution is 2.17. The maximum atomic E-state index is 12.4. The van der Waals surface area contributed by atoms with Crippen LogP contribution < -0.4 is 10.0 Å². The van der Waals surface area contributed by atoms with E-state index in [-0.39, 0.29) is 10.8 Å². The van der Waals surface area contributed by atoms with Crippen molar-refractivity contribution < 1.29 is 17.9 Å². The zero-order chi connectivity index (χ0) is 20.5. The Bertz CT molecular complexity index is 1040. The predicted molar refractivity (Wildman–Crippen MR) is 112 cm³/mol. The second-order valence-corrected chi connectivity index (χ2v) is 7.98. The minimum absolute atomic E-state index is 0.158. The molecule has 0 aromatic heterocycles. The van der Waals surface area contributed by atoms with Gasteiger partial charge in [-0.1, -0.05) is 54.6 Å². The molecular weight excluding hydrogens is 388 g/mol. The Balaban J connectivity index is 1.51. The third-order valence-electron chi connectivity index (χ3n) is 4.07. The smallest absolute Gasteiger partial charge is 0.261 e. The lowest BCUT2D eigenvalue weighted by molar-refractivity contribution is 0.0901. The summed E-state index contributed by atoms with van der Waals surface area (Å²) in [7, 11) is -3.71. The Morgan fingerprint density at radius 2 is 1.55 bits per heavy atom. The number of carbonyl (C=O) groups excluding carboxylic acids is 1. The molecule has 150 valence electrons. The second kappa shape index (κ2) is 9.86. The predicted octanol–water partition coefficient (Wildman–Crippen LogP) is 3.43. The van der Waals surface area contributed by atoms with E-state index in [1.807, 2.05) is 30.3 Å². The molecule has 0 saturated heterocycles. The Kier molecular flexibility index (Phi) is 6.99. The zero-order valence-electron chi connectivity index (χ0n) is 15.7. The van der Waals surface area contributed by atoms with Crippen LogP contribution in [0.1, 0.15) is 15.9 Å². The van der Waals surface area contributed by atoms with Gasteiger partial charge >= 0.3 is 0 Å². The fourth-order valence-corrected chi connectivity index (χ4v) is 3.71. The van der Waals surface area contributed by atoms with E-state index in [1.165, 1.54) is 18.2 Å². The maximum Gasteiger partial charge on any atom is 0.261 e. The third-order valence-corrected chi connectivity index (χ3v) is 5.47. The fraction of sp³-hybridized carbons (Fsp3) is 0.136. The van der Waals surface area contributed by atoms with Crippen molar-refractivity contribution in [1.82, 2.24) is 5.32 Å². The third kappa shape index (κ3) is 6.17. The lowest BCUT2D eigenvalue weighted by Crippen LogP contribution is -2.27. The minimum Gasteiger partial charge on any atom is -0.375 e. The monoisotopic (exact) mass is 410 g/mol. The highest BCUT2D eigenvalue weighted by Gasteiger charge is 2.14. The molecule has 3 aromatic carbocycles. The topological polar surface area (TPSA) is 84.5 Å². The SMILES string of the molecule is O=C(NCCOCc1ccccc1)c1cccc(NS(=O)(=O)c2ccccc2)c1. The van der Waals surface area contributed by atoms with Gasteiger partial charge in [-0.15, -0.1) is 0 Å². The van der Waals surface area contributed by atoms with Gasteiger partial charge in [-0.2, -0.15) is 0 Å². The summed E-state index contributed by atoms with van der Waals surface area (Å²) in [6.07, 6.45) is 0. The van der Waals surface area contributed by atoms with Crippen molar-refractivity contribution in [2.45, 2.75) is 11.5 Å². The molecule has 0 saturated carbocycles. The molecule has 3 rings (SSSR count). The van der Waals surface area contributed by atoms with Crippen molar-refractivity contribution >= 4 is 21.6 Å². The van der Waals surface area contributed by atoms with E-state index in [1.54, 1.807) is 36.4 Å². The first kappa shape index (κ1) is 20.6. The number of nitrogens with one attached hydrogen (secondary N) is 2. The molecule has 0 aliphatic carbocycles. The number of rotatable bonds is 9. The van der Waals surface area contributed by atoms with Gasteiger partial charge in [-0.05, 0) is 35.9 Å². The number of ether oxygens (including phenoxy) is 1. The van der Waals surface area contributed by atoms with E-state index < -0.39 is 10.0 Å².